The van der Waals surface area contributed by atoms with Gasteiger partial charge in [0, 0.05) is 6.61 Å². The lowest BCUT2D eigenvalue weighted by Crippen LogP contribution is -2.38. The molecule has 2 heteroatoms. The van der Waals surface area contributed by atoms with Crippen LogP contribution < -0.4 is 0 Å². The summed E-state index contributed by atoms with van der Waals surface area (Å²) < 4.78 is 5.86. The van der Waals surface area contributed by atoms with Crippen LogP contribution in [0.4, 0.5) is 0 Å². The summed E-state index contributed by atoms with van der Waals surface area (Å²) in [6.45, 7) is 12.7. The van der Waals surface area contributed by atoms with Gasteiger partial charge in [-0.1, -0.05) is 87.0 Å². The van der Waals surface area contributed by atoms with E-state index in [0.717, 1.165) is 35.8 Å². The molecule has 0 bridgehead atoms. The van der Waals surface area contributed by atoms with Gasteiger partial charge in [0.25, 0.3) is 0 Å². The molecule has 27 heavy (non-hydrogen) atoms. The van der Waals surface area contributed by atoms with Gasteiger partial charge in [0.1, 0.15) is 0 Å². The van der Waals surface area contributed by atoms with E-state index < -0.39 is 8.07 Å². The van der Waals surface area contributed by atoms with Gasteiger partial charge in [-0.15, -0.1) is 0 Å². The van der Waals surface area contributed by atoms with Crippen LogP contribution in [0.3, 0.4) is 0 Å². The third kappa shape index (κ3) is 5.15. The molecular formula is C25H40OSi. The van der Waals surface area contributed by atoms with Gasteiger partial charge in [-0.25, -0.2) is 0 Å². The summed E-state index contributed by atoms with van der Waals surface area (Å²) in [4.78, 5) is 0. The normalized spacial score (nSPS) is 32.0. The van der Waals surface area contributed by atoms with Gasteiger partial charge >= 0.3 is 0 Å². The molecule has 150 valence electrons. The zero-order valence-electron chi connectivity index (χ0n) is 18.2. The Morgan fingerprint density at radius 1 is 0.704 bits per heavy atom. The van der Waals surface area contributed by atoms with Gasteiger partial charge in [-0.2, -0.15) is 0 Å². The molecule has 1 saturated carbocycles. The summed E-state index contributed by atoms with van der Waals surface area (Å²) in [7, 11) is -1.29. The molecule has 0 radical (unpaired) electrons. The minimum Gasteiger partial charge on any atom is -0.376 e. The summed E-state index contributed by atoms with van der Waals surface area (Å²) >= 11 is 0. The smallest absolute Gasteiger partial charge is 0.0598 e. The van der Waals surface area contributed by atoms with Crippen LogP contribution in [0.1, 0.15) is 46.5 Å². The Morgan fingerprint density at radius 3 is 1.70 bits per heavy atom. The average Bonchev–Trinajstić information content (AvgIpc) is 2.95. The molecule has 0 amide bonds. The Bertz CT molecular complexity index is 570. The van der Waals surface area contributed by atoms with Crippen LogP contribution in [0.2, 0.25) is 24.7 Å². The van der Waals surface area contributed by atoms with Gasteiger partial charge < -0.3 is 4.74 Å². The van der Waals surface area contributed by atoms with E-state index in [2.05, 4.69) is 82.5 Å². The molecule has 3 aliphatic carbocycles. The first kappa shape index (κ1) is 20.9. The van der Waals surface area contributed by atoms with E-state index in [1.54, 1.807) is 0 Å². The van der Waals surface area contributed by atoms with Crippen molar-refractivity contribution in [1.82, 2.24) is 0 Å². The van der Waals surface area contributed by atoms with Crippen molar-refractivity contribution in [2.24, 2.45) is 23.7 Å². The number of unbranched alkanes of at least 4 members (excludes halogenated alkanes) is 3. The Kier molecular flexibility index (Phi) is 6.69. The van der Waals surface area contributed by atoms with E-state index in [-0.39, 0.29) is 5.60 Å². The van der Waals surface area contributed by atoms with Gasteiger partial charge in [-0.3, -0.25) is 0 Å². The van der Waals surface area contributed by atoms with Crippen LogP contribution in [0, 0.1) is 23.7 Å². The Balaban J connectivity index is 1.51. The molecule has 4 atom stereocenters. The van der Waals surface area contributed by atoms with Crippen molar-refractivity contribution in [3.05, 3.63) is 48.6 Å². The lowest BCUT2D eigenvalue weighted by atomic mass is 9.83. The molecule has 0 heterocycles. The summed E-state index contributed by atoms with van der Waals surface area (Å²) in [6, 6.07) is 1.47. The topological polar surface area (TPSA) is 9.23 Å². The molecular weight excluding hydrogens is 344 g/mol. The molecule has 3 rings (SSSR count). The molecule has 1 fully saturated rings. The minimum absolute atomic E-state index is 0.00831. The minimum atomic E-state index is -1.29. The predicted molar refractivity (Wildman–Crippen MR) is 121 cm³/mol. The van der Waals surface area contributed by atoms with Crippen LogP contribution in [0.15, 0.2) is 48.6 Å². The fourth-order valence-electron chi connectivity index (χ4n) is 5.65. The highest BCUT2D eigenvalue weighted by molar-refractivity contribution is 6.79. The summed E-state index contributed by atoms with van der Waals surface area (Å²) in [5.41, 5.74) is 0.896. The fourth-order valence-corrected chi connectivity index (χ4v) is 9.90. The SMILES string of the molecule is CC(C)(C)OCCCCCC[Si](C)(C)C1C2C=CC=CC2C2C=CC=CC21. The maximum absolute atomic E-state index is 5.86. The number of hydrogen-bond acceptors (Lipinski definition) is 1. The van der Waals surface area contributed by atoms with E-state index >= 15 is 0 Å². The second-order valence-electron chi connectivity index (χ2n) is 10.5. The quantitative estimate of drug-likeness (QED) is 0.318. The zero-order chi connectivity index (χ0) is 19.5. The molecule has 0 aromatic heterocycles. The molecule has 0 spiro atoms. The monoisotopic (exact) mass is 384 g/mol. The van der Waals surface area contributed by atoms with Gasteiger partial charge in [-0.05, 0) is 56.4 Å². The van der Waals surface area contributed by atoms with E-state index in [9.17, 15) is 0 Å². The summed E-state index contributed by atoms with van der Waals surface area (Å²) in [5, 5.41) is 0. The maximum Gasteiger partial charge on any atom is 0.0598 e. The number of allylic oxidation sites excluding steroid dienone is 8. The summed E-state index contributed by atoms with van der Waals surface area (Å²) in [5.74, 6) is 2.98. The summed E-state index contributed by atoms with van der Waals surface area (Å²) in [6.07, 6.45) is 24.5. The second kappa shape index (κ2) is 8.65. The fraction of sp³-hybridized carbons (Fsp3) is 0.680. The van der Waals surface area contributed by atoms with Crippen LogP contribution in [0.25, 0.3) is 0 Å². The first-order valence-corrected chi connectivity index (χ1v) is 14.4. The highest BCUT2D eigenvalue weighted by atomic mass is 28.3. The zero-order valence-corrected chi connectivity index (χ0v) is 19.2. The van der Waals surface area contributed by atoms with E-state index in [1.165, 1.54) is 31.7 Å². The molecule has 0 aromatic carbocycles. The molecule has 4 unspecified atom stereocenters. The number of hydrogen-bond donors (Lipinski definition) is 0. The van der Waals surface area contributed by atoms with Crippen molar-refractivity contribution in [3.8, 4) is 0 Å². The highest BCUT2D eigenvalue weighted by Crippen LogP contribution is 2.58. The van der Waals surface area contributed by atoms with Gasteiger partial charge in [0.2, 0.25) is 0 Å². The Morgan fingerprint density at radius 2 is 1.19 bits per heavy atom. The van der Waals surface area contributed by atoms with E-state index in [1.807, 2.05) is 0 Å². The van der Waals surface area contributed by atoms with E-state index in [4.69, 9.17) is 4.74 Å². The van der Waals surface area contributed by atoms with E-state index in [0.29, 0.717) is 0 Å². The molecule has 3 aliphatic rings. The van der Waals surface area contributed by atoms with Crippen LogP contribution >= 0.6 is 0 Å². The lowest BCUT2D eigenvalue weighted by molar-refractivity contribution is -0.00471. The van der Waals surface area contributed by atoms with Crippen molar-refractivity contribution >= 4 is 8.07 Å². The van der Waals surface area contributed by atoms with Crippen LogP contribution in [-0.4, -0.2) is 20.3 Å². The molecule has 0 aromatic rings. The molecule has 1 nitrogen and oxygen atoms in total. The Hall–Kier alpha value is -0.863. The number of fused-ring (bicyclic) bond motifs is 3. The molecule has 0 saturated heterocycles. The molecule has 0 N–H and O–H groups in total. The third-order valence-corrected chi connectivity index (χ3v) is 11.1. The number of ether oxygens (including phenoxy) is 1. The van der Waals surface area contributed by atoms with Crippen molar-refractivity contribution < 1.29 is 4.74 Å². The predicted octanol–water partition coefficient (Wildman–Crippen LogP) is 7.17. The van der Waals surface area contributed by atoms with Gasteiger partial charge in [0.05, 0.1) is 13.7 Å². The van der Waals surface area contributed by atoms with Crippen molar-refractivity contribution in [3.63, 3.8) is 0 Å². The third-order valence-electron chi connectivity index (χ3n) is 6.87. The number of rotatable bonds is 8. The van der Waals surface area contributed by atoms with Crippen LogP contribution in [0.5, 0.6) is 0 Å². The second-order valence-corrected chi connectivity index (χ2v) is 15.6. The first-order chi connectivity index (χ1) is 12.8. The largest absolute Gasteiger partial charge is 0.376 e. The van der Waals surface area contributed by atoms with Crippen LogP contribution in [-0.2, 0) is 4.74 Å². The first-order valence-electron chi connectivity index (χ1n) is 11.1. The van der Waals surface area contributed by atoms with Crippen molar-refractivity contribution in [2.75, 3.05) is 6.61 Å². The lowest BCUT2D eigenvalue weighted by Gasteiger charge is -2.38. The highest BCUT2D eigenvalue weighted by Gasteiger charge is 2.52. The maximum atomic E-state index is 5.86. The Labute approximate surface area is 168 Å². The van der Waals surface area contributed by atoms with Gasteiger partial charge in [0.15, 0.2) is 0 Å². The van der Waals surface area contributed by atoms with Crippen molar-refractivity contribution in [2.45, 2.75) is 76.7 Å². The standard InChI is InChI=1S/C25H40OSi/c1-25(2,3)26-18-12-6-7-13-19-27(4,5)24-22-16-10-8-14-20(22)21-15-9-11-17-23(21)24/h8-11,14-17,20-24H,6-7,12-13,18-19H2,1-5H3. The average molecular weight is 385 g/mol. The molecule has 0 aliphatic heterocycles. The van der Waals surface area contributed by atoms with Crippen molar-refractivity contribution in [1.29, 1.82) is 0 Å².